The first-order valence-corrected chi connectivity index (χ1v) is 7.76. The van der Waals surface area contributed by atoms with Crippen molar-refractivity contribution in [2.24, 2.45) is 5.41 Å². The Bertz CT molecular complexity index is 596. The van der Waals surface area contributed by atoms with Gasteiger partial charge in [-0.15, -0.1) is 11.3 Å². The normalized spacial score (nSPS) is 23.6. The molecule has 1 fully saturated rings. The molecule has 1 saturated heterocycles. The van der Waals surface area contributed by atoms with Gasteiger partial charge < -0.3 is 5.32 Å². The van der Waals surface area contributed by atoms with Crippen LogP contribution in [0.2, 0.25) is 0 Å². The van der Waals surface area contributed by atoms with Gasteiger partial charge in [-0.1, -0.05) is 25.1 Å². The number of carbonyl (C=O) groups excluding carboxylic acids is 1. The summed E-state index contributed by atoms with van der Waals surface area (Å²) in [6, 6.07) is 8.34. The van der Waals surface area contributed by atoms with E-state index in [0.29, 0.717) is 12.2 Å². The van der Waals surface area contributed by atoms with Crippen LogP contribution < -0.4 is 5.32 Å². The number of Topliss-reactive ketones (excluding diaryl/α,β-unsaturated/α-hetero) is 1. The number of carbonyl (C=O) groups is 1. The lowest BCUT2D eigenvalue weighted by Gasteiger charge is -2.32. The van der Waals surface area contributed by atoms with Crippen molar-refractivity contribution in [3.8, 4) is 0 Å². The average molecular weight is 273 g/mol. The molecular weight excluding hydrogens is 254 g/mol. The van der Waals surface area contributed by atoms with E-state index in [1.54, 1.807) is 11.3 Å². The van der Waals surface area contributed by atoms with Crippen molar-refractivity contribution in [2.45, 2.75) is 26.2 Å². The molecule has 0 spiro atoms. The van der Waals surface area contributed by atoms with E-state index in [-0.39, 0.29) is 5.41 Å². The summed E-state index contributed by atoms with van der Waals surface area (Å²) in [4.78, 5) is 12.6. The lowest BCUT2D eigenvalue weighted by Crippen LogP contribution is -2.44. The zero-order valence-electron chi connectivity index (χ0n) is 11.2. The second-order valence-electron chi connectivity index (χ2n) is 5.70. The maximum absolute atomic E-state index is 12.6. The van der Waals surface area contributed by atoms with E-state index in [1.165, 1.54) is 15.6 Å². The zero-order chi connectivity index (χ0) is 13.3. The van der Waals surface area contributed by atoms with E-state index in [1.807, 2.05) is 6.07 Å². The lowest BCUT2D eigenvalue weighted by atomic mass is 9.77. The molecule has 0 saturated carbocycles. The second kappa shape index (κ2) is 5.06. The molecule has 1 aromatic carbocycles. The van der Waals surface area contributed by atoms with Gasteiger partial charge in [-0.05, 0) is 41.8 Å². The van der Waals surface area contributed by atoms with Gasteiger partial charge in [-0.25, -0.2) is 0 Å². The van der Waals surface area contributed by atoms with Gasteiger partial charge in [0.15, 0.2) is 0 Å². The van der Waals surface area contributed by atoms with Gasteiger partial charge in [0.25, 0.3) is 0 Å². The molecule has 2 heterocycles. The number of fused-ring (bicyclic) bond motifs is 1. The highest BCUT2D eigenvalue weighted by atomic mass is 32.1. The van der Waals surface area contributed by atoms with Gasteiger partial charge in [-0.3, -0.25) is 4.79 Å². The Labute approximate surface area is 117 Å². The molecule has 19 heavy (non-hydrogen) atoms. The standard InChI is InChI=1S/C16H19NOS/c1-16(7-4-8-17-11-16)15(18)9-12-10-19-14-6-3-2-5-13(12)14/h2-3,5-6,10,17H,4,7-9,11H2,1H3. The Morgan fingerprint density at radius 1 is 1.42 bits per heavy atom. The molecule has 3 rings (SSSR count). The number of rotatable bonds is 3. The Morgan fingerprint density at radius 3 is 3.05 bits per heavy atom. The lowest BCUT2D eigenvalue weighted by molar-refractivity contribution is -0.128. The largest absolute Gasteiger partial charge is 0.316 e. The van der Waals surface area contributed by atoms with E-state index in [4.69, 9.17) is 0 Å². The van der Waals surface area contributed by atoms with Crippen LogP contribution in [0.15, 0.2) is 29.6 Å². The Hall–Kier alpha value is -1.19. The van der Waals surface area contributed by atoms with Crippen molar-refractivity contribution < 1.29 is 4.79 Å². The quantitative estimate of drug-likeness (QED) is 0.928. The number of thiophene rings is 1. The van der Waals surface area contributed by atoms with Gasteiger partial charge >= 0.3 is 0 Å². The summed E-state index contributed by atoms with van der Waals surface area (Å²) >= 11 is 1.73. The molecule has 0 bridgehead atoms. The van der Waals surface area contributed by atoms with E-state index in [0.717, 1.165) is 25.9 Å². The fourth-order valence-electron chi connectivity index (χ4n) is 2.85. The van der Waals surface area contributed by atoms with Crippen molar-refractivity contribution in [2.75, 3.05) is 13.1 Å². The highest BCUT2D eigenvalue weighted by molar-refractivity contribution is 7.17. The molecule has 1 aliphatic rings. The predicted molar refractivity (Wildman–Crippen MR) is 80.7 cm³/mol. The fraction of sp³-hybridized carbons (Fsp3) is 0.438. The fourth-order valence-corrected chi connectivity index (χ4v) is 3.81. The zero-order valence-corrected chi connectivity index (χ0v) is 12.1. The number of piperidine rings is 1. The van der Waals surface area contributed by atoms with Crippen LogP contribution in [0, 0.1) is 5.41 Å². The minimum Gasteiger partial charge on any atom is -0.316 e. The maximum Gasteiger partial charge on any atom is 0.144 e. The molecule has 1 atom stereocenters. The highest BCUT2D eigenvalue weighted by Gasteiger charge is 2.34. The van der Waals surface area contributed by atoms with E-state index < -0.39 is 0 Å². The maximum atomic E-state index is 12.6. The number of benzene rings is 1. The third-order valence-electron chi connectivity index (χ3n) is 4.18. The van der Waals surface area contributed by atoms with E-state index >= 15 is 0 Å². The first-order chi connectivity index (χ1) is 9.19. The SMILES string of the molecule is CC1(C(=O)Cc2csc3ccccc23)CCCNC1. The second-order valence-corrected chi connectivity index (χ2v) is 6.61. The topological polar surface area (TPSA) is 29.1 Å². The van der Waals surface area contributed by atoms with Crippen molar-refractivity contribution in [1.29, 1.82) is 0 Å². The molecule has 1 aliphatic heterocycles. The van der Waals surface area contributed by atoms with E-state index in [9.17, 15) is 4.79 Å². The van der Waals surface area contributed by atoms with Gasteiger partial charge in [-0.2, -0.15) is 0 Å². The van der Waals surface area contributed by atoms with Crippen LogP contribution in [-0.2, 0) is 11.2 Å². The third-order valence-corrected chi connectivity index (χ3v) is 5.19. The summed E-state index contributed by atoms with van der Waals surface area (Å²) in [7, 11) is 0. The van der Waals surface area contributed by atoms with Gasteiger partial charge in [0.2, 0.25) is 0 Å². The summed E-state index contributed by atoms with van der Waals surface area (Å²) in [6.07, 6.45) is 2.69. The molecule has 1 unspecified atom stereocenters. The number of hydrogen-bond donors (Lipinski definition) is 1. The van der Waals surface area contributed by atoms with E-state index in [2.05, 4.69) is 35.8 Å². The molecule has 0 radical (unpaired) electrons. The molecular formula is C16H19NOS. The summed E-state index contributed by atoms with van der Waals surface area (Å²) in [5.74, 6) is 0.378. The van der Waals surface area contributed by atoms with Crippen molar-refractivity contribution >= 4 is 27.2 Å². The molecule has 100 valence electrons. The van der Waals surface area contributed by atoms with Crippen LogP contribution >= 0.6 is 11.3 Å². The summed E-state index contributed by atoms with van der Waals surface area (Å²) in [6.45, 7) is 3.98. The summed E-state index contributed by atoms with van der Waals surface area (Å²) in [5.41, 5.74) is 1.01. The smallest absolute Gasteiger partial charge is 0.144 e. The molecule has 2 nitrogen and oxygen atoms in total. The van der Waals surface area contributed by atoms with Crippen molar-refractivity contribution in [1.82, 2.24) is 5.32 Å². The van der Waals surface area contributed by atoms with Crippen molar-refractivity contribution in [3.05, 3.63) is 35.2 Å². The molecule has 0 amide bonds. The molecule has 1 aromatic heterocycles. The van der Waals surface area contributed by atoms with Crippen LogP contribution in [0.3, 0.4) is 0 Å². The number of ketones is 1. The first-order valence-electron chi connectivity index (χ1n) is 6.88. The van der Waals surface area contributed by atoms with Gasteiger partial charge in [0.05, 0.1) is 0 Å². The molecule has 1 N–H and O–H groups in total. The minimum absolute atomic E-state index is 0.179. The Balaban J connectivity index is 1.82. The van der Waals surface area contributed by atoms with Crippen LogP contribution in [0.1, 0.15) is 25.3 Å². The highest BCUT2D eigenvalue weighted by Crippen LogP contribution is 2.31. The number of nitrogens with one attached hydrogen (secondary N) is 1. The van der Waals surface area contributed by atoms with Crippen LogP contribution in [0.4, 0.5) is 0 Å². The van der Waals surface area contributed by atoms with Gasteiger partial charge in [0, 0.05) is 23.1 Å². The summed E-state index contributed by atoms with van der Waals surface area (Å²) < 4.78 is 1.28. The Kier molecular flexibility index (Phi) is 3.42. The van der Waals surface area contributed by atoms with Crippen molar-refractivity contribution in [3.63, 3.8) is 0 Å². The predicted octanol–water partition coefficient (Wildman–Crippen LogP) is 3.40. The average Bonchev–Trinajstić information content (AvgIpc) is 2.83. The molecule has 3 heteroatoms. The monoisotopic (exact) mass is 273 g/mol. The Morgan fingerprint density at radius 2 is 2.26 bits per heavy atom. The molecule has 2 aromatic rings. The first kappa shape index (κ1) is 12.8. The number of hydrogen-bond acceptors (Lipinski definition) is 3. The van der Waals surface area contributed by atoms with Crippen LogP contribution in [0.5, 0.6) is 0 Å². The minimum atomic E-state index is -0.179. The molecule has 0 aliphatic carbocycles. The van der Waals surface area contributed by atoms with Crippen LogP contribution in [0.25, 0.3) is 10.1 Å². The van der Waals surface area contributed by atoms with Crippen LogP contribution in [-0.4, -0.2) is 18.9 Å². The summed E-state index contributed by atoms with van der Waals surface area (Å²) in [5, 5.41) is 6.74. The third kappa shape index (κ3) is 2.45. The van der Waals surface area contributed by atoms with Gasteiger partial charge in [0.1, 0.15) is 5.78 Å².